The van der Waals surface area contributed by atoms with Gasteiger partial charge in [-0.1, -0.05) is 54.9 Å². The Kier molecular flexibility index (Phi) is 4.79. The highest BCUT2D eigenvalue weighted by atomic mass is 35.5. The Morgan fingerprint density at radius 3 is 2.45 bits per heavy atom. The second-order valence-corrected chi connectivity index (χ2v) is 5.10. The third-order valence-corrected chi connectivity index (χ3v) is 3.86. The summed E-state index contributed by atoms with van der Waals surface area (Å²) in [5, 5.41) is 0.447. The van der Waals surface area contributed by atoms with E-state index in [2.05, 4.69) is 0 Å². The minimum absolute atomic E-state index is 0.445. The highest BCUT2D eigenvalue weighted by molar-refractivity contribution is 6.34. The van der Waals surface area contributed by atoms with Crippen molar-refractivity contribution in [2.24, 2.45) is 0 Å². The van der Waals surface area contributed by atoms with Crippen LogP contribution in [0.25, 0.3) is 11.1 Å². The van der Waals surface area contributed by atoms with Crippen LogP contribution in [0.4, 0.5) is 4.39 Å². The third-order valence-electron chi connectivity index (χ3n) is 3.46. The van der Waals surface area contributed by atoms with Crippen molar-refractivity contribution in [3.8, 4) is 11.1 Å². The molecule has 3 heteroatoms. The maximum atomic E-state index is 14.1. The number of halogens is 2. The summed E-state index contributed by atoms with van der Waals surface area (Å²) in [6.45, 7) is 3.98. The first-order chi connectivity index (χ1) is 9.60. The molecule has 1 atom stereocenters. The van der Waals surface area contributed by atoms with Crippen LogP contribution in [0.1, 0.15) is 30.0 Å². The maximum absolute atomic E-state index is 14.1. The van der Waals surface area contributed by atoms with Gasteiger partial charge in [0.1, 0.15) is 0 Å². The van der Waals surface area contributed by atoms with Gasteiger partial charge in [0.15, 0.2) is 0 Å². The summed E-state index contributed by atoms with van der Waals surface area (Å²) >= 11 is 6.49. The zero-order valence-corrected chi connectivity index (χ0v) is 12.7. The number of hydrogen-bond donors (Lipinski definition) is 0. The largest absolute Gasteiger partial charge is 0.348 e. The van der Waals surface area contributed by atoms with E-state index in [-0.39, 0.29) is 0 Å². The normalized spacial score (nSPS) is 12.4. The van der Waals surface area contributed by atoms with Crippen molar-refractivity contribution in [3.63, 3.8) is 0 Å². The lowest BCUT2D eigenvalue weighted by molar-refractivity contribution is -0.00711. The summed E-state index contributed by atoms with van der Waals surface area (Å²) in [7, 11) is 1.35. The van der Waals surface area contributed by atoms with Gasteiger partial charge in [-0.3, -0.25) is 0 Å². The van der Waals surface area contributed by atoms with E-state index < -0.39 is 6.36 Å². The van der Waals surface area contributed by atoms with Crippen molar-refractivity contribution >= 4 is 11.6 Å². The van der Waals surface area contributed by atoms with Gasteiger partial charge in [0, 0.05) is 18.2 Å². The predicted molar refractivity (Wildman–Crippen MR) is 81.9 cm³/mol. The second kappa shape index (κ2) is 6.38. The fraction of sp³-hybridized carbons (Fsp3) is 0.294. The van der Waals surface area contributed by atoms with Gasteiger partial charge in [0.05, 0.1) is 5.02 Å². The predicted octanol–water partition coefficient (Wildman–Crippen LogP) is 5.49. The molecule has 0 radical (unpaired) electrons. The third kappa shape index (κ3) is 2.72. The minimum Gasteiger partial charge on any atom is -0.348 e. The highest BCUT2D eigenvalue weighted by Crippen LogP contribution is 2.40. The number of hydrogen-bond acceptors (Lipinski definition) is 1. The van der Waals surface area contributed by atoms with E-state index in [1.54, 1.807) is 0 Å². The average molecular weight is 293 g/mol. The summed E-state index contributed by atoms with van der Waals surface area (Å²) < 4.78 is 18.9. The molecule has 0 spiro atoms. The van der Waals surface area contributed by atoms with E-state index in [1.807, 2.05) is 50.2 Å². The molecule has 20 heavy (non-hydrogen) atoms. The van der Waals surface area contributed by atoms with Crippen LogP contribution in [0.3, 0.4) is 0 Å². The van der Waals surface area contributed by atoms with Crippen LogP contribution < -0.4 is 0 Å². The standard InChI is InChI=1S/C17H18ClFO/c1-4-12-10-11(2)14(13-8-6-5-7-9-13)16(18)15(12)17(19)20-3/h5-10,17H,4H2,1-3H3. The van der Waals surface area contributed by atoms with E-state index in [0.29, 0.717) is 10.6 Å². The SMILES string of the molecule is CCc1cc(C)c(-c2ccccc2)c(Cl)c1C(F)OC. The van der Waals surface area contributed by atoms with E-state index in [4.69, 9.17) is 16.3 Å². The number of rotatable bonds is 4. The summed E-state index contributed by atoms with van der Waals surface area (Å²) in [4.78, 5) is 0. The number of methoxy groups -OCH3 is 1. The molecule has 0 aliphatic carbocycles. The van der Waals surface area contributed by atoms with Gasteiger partial charge in [-0.05, 0) is 30.0 Å². The number of alkyl halides is 1. The van der Waals surface area contributed by atoms with Crippen molar-refractivity contribution in [3.05, 3.63) is 58.1 Å². The summed E-state index contributed by atoms with van der Waals surface area (Å²) in [5.41, 5.74) is 4.24. The summed E-state index contributed by atoms with van der Waals surface area (Å²) in [5.74, 6) is 0. The molecule has 0 saturated carbocycles. The van der Waals surface area contributed by atoms with Crippen LogP contribution >= 0.6 is 11.6 Å². The van der Waals surface area contributed by atoms with Gasteiger partial charge < -0.3 is 4.74 Å². The van der Waals surface area contributed by atoms with Crippen LogP contribution in [0.5, 0.6) is 0 Å². The van der Waals surface area contributed by atoms with Crippen molar-refractivity contribution in [2.75, 3.05) is 7.11 Å². The molecule has 0 aliphatic rings. The Morgan fingerprint density at radius 2 is 1.90 bits per heavy atom. The van der Waals surface area contributed by atoms with Gasteiger partial charge in [0.25, 0.3) is 0 Å². The van der Waals surface area contributed by atoms with Crippen LogP contribution in [0.2, 0.25) is 5.02 Å². The van der Waals surface area contributed by atoms with E-state index in [0.717, 1.165) is 28.7 Å². The lowest BCUT2D eigenvalue weighted by Gasteiger charge is -2.19. The topological polar surface area (TPSA) is 9.23 Å². The fourth-order valence-electron chi connectivity index (χ4n) is 2.47. The van der Waals surface area contributed by atoms with Gasteiger partial charge in [-0.2, -0.15) is 0 Å². The zero-order valence-electron chi connectivity index (χ0n) is 11.9. The van der Waals surface area contributed by atoms with Gasteiger partial charge in [-0.25, -0.2) is 4.39 Å². The Bertz CT molecular complexity index is 596. The van der Waals surface area contributed by atoms with E-state index in [1.165, 1.54) is 7.11 Å². The molecule has 0 N–H and O–H groups in total. The van der Waals surface area contributed by atoms with Crippen molar-refractivity contribution in [2.45, 2.75) is 26.6 Å². The Hall–Kier alpha value is -1.38. The molecule has 2 aromatic rings. The lowest BCUT2D eigenvalue weighted by Crippen LogP contribution is -2.03. The molecule has 1 nitrogen and oxygen atoms in total. The van der Waals surface area contributed by atoms with Gasteiger partial charge >= 0.3 is 0 Å². The minimum atomic E-state index is -1.50. The summed E-state index contributed by atoms with van der Waals surface area (Å²) in [6, 6.07) is 11.8. The van der Waals surface area contributed by atoms with Crippen molar-refractivity contribution in [1.82, 2.24) is 0 Å². The first kappa shape index (κ1) is 15.0. The molecule has 2 aromatic carbocycles. The number of benzene rings is 2. The zero-order chi connectivity index (χ0) is 14.7. The molecule has 0 aromatic heterocycles. The quantitative estimate of drug-likeness (QED) is 0.724. The summed E-state index contributed by atoms with van der Waals surface area (Å²) in [6.07, 6.45) is -0.783. The van der Waals surface area contributed by atoms with Gasteiger partial charge in [0.2, 0.25) is 6.36 Å². The molecule has 0 bridgehead atoms. The smallest absolute Gasteiger partial charge is 0.226 e. The Labute approximate surface area is 124 Å². The van der Waals surface area contributed by atoms with Crippen LogP contribution in [0, 0.1) is 6.92 Å². The maximum Gasteiger partial charge on any atom is 0.226 e. The van der Waals surface area contributed by atoms with E-state index >= 15 is 0 Å². The molecule has 0 aliphatic heterocycles. The molecular weight excluding hydrogens is 275 g/mol. The fourth-order valence-corrected chi connectivity index (χ4v) is 2.94. The van der Waals surface area contributed by atoms with Crippen LogP contribution in [0.15, 0.2) is 36.4 Å². The highest BCUT2D eigenvalue weighted by Gasteiger charge is 2.21. The first-order valence-electron chi connectivity index (χ1n) is 6.64. The Balaban J connectivity index is 2.71. The van der Waals surface area contributed by atoms with Gasteiger partial charge in [-0.15, -0.1) is 0 Å². The van der Waals surface area contributed by atoms with Crippen LogP contribution in [-0.4, -0.2) is 7.11 Å². The number of ether oxygens (including phenoxy) is 1. The molecule has 0 saturated heterocycles. The lowest BCUT2D eigenvalue weighted by atomic mass is 9.93. The van der Waals surface area contributed by atoms with Crippen molar-refractivity contribution < 1.29 is 9.13 Å². The molecule has 106 valence electrons. The molecule has 0 amide bonds. The Morgan fingerprint density at radius 1 is 1.25 bits per heavy atom. The van der Waals surface area contributed by atoms with Crippen molar-refractivity contribution in [1.29, 1.82) is 0 Å². The molecule has 0 fully saturated rings. The van der Waals surface area contributed by atoms with E-state index in [9.17, 15) is 4.39 Å². The second-order valence-electron chi connectivity index (χ2n) is 4.73. The molecule has 2 rings (SSSR count). The molecule has 0 heterocycles. The monoisotopic (exact) mass is 292 g/mol. The first-order valence-corrected chi connectivity index (χ1v) is 7.02. The molecular formula is C17H18ClFO. The van der Waals surface area contributed by atoms with Crippen LogP contribution in [-0.2, 0) is 11.2 Å². The number of aryl methyl sites for hydroxylation is 2. The molecule has 1 unspecified atom stereocenters. The average Bonchev–Trinajstić information content (AvgIpc) is 2.47.